The molecule has 0 unspecified atom stereocenters. The molecule has 2 aromatic heterocycles. The Hall–Kier alpha value is -5.87. The number of hydrogen-bond acceptors (Lipinski definition) is 3. The van der Waals surface area contributed by atoms with Crippen molar-refractivity contribution in [3.8, 4) is 28.7 Å². The molecule has 0 saturated carbocycles. The monoisotopic (exact) mass is 548 g/mol. The van der Waals surface area contributed by atoms with Gasteiger partial charge in [-0.25, -0.2) is 4.98 Å². The van der Waals surface area contributed by atoms with Gasteiger partial charge in [0.05, 0.1) is 11.0 Å². The highest BCUT2D eigenvalue weighted by atomic mass is 15.2. The summed E-state index contributed by atoms with van der Waals surface area (Å²) in [4.78, 5) is 15.3. The van der Waals surface area contributed by atoms with Crippen molar-refractivity contribution in [2.24, 2.45) is 0 Å². The molecule has 2 heterocycles. The lowest BCUT2D eigenvalue weighted by atomic mass is 9.96. The van der Waals surface area contributed by atoms with Crippen LogP contribution in [0.2, 0.25) is 0 Å². The molecule has 0 radical (unpaired) electrons. The molecule has 7 aromatic carbocycles. The van der Waals surface area contributed by atoms with Gasteiger partial charge in [0.15, 0.2) is 11.6 Å². The quantitative estimate of drug-likeness (QED) is 0.206. The van der Waals surface area contributed by atoms with Gasteiger partial charge in [0, 0.05) is 27.3 Å². The second kappa shape index (κ2) is 9.33. The fourth-order valence-electron chi connectivity index (χ4n) is 6.47. The molecule has 4 heteroatoms. The van der Waals surface area contributed by atoms with Crippen LogP contribution >= 0.6 is 0 Å². The van der Waals surface area contributed by atoms with Crippen LogP contribution in [0, 0.1) is 0 Å². The maximum Gasteiger partial charge on any atom is 0.238 e. The Balaban J connectivity index is 1.51. The van der Waals surface area contributed by atoms with E-state index in [0.717, 1.165) is 22.2 Å². The summed E-state index contributed by atoms with van der Waals surface area (Å²) in [6.07, 6.45) is 0. The van der Waals surface area contributed by atoms with E-state index in [1.165, 1.54) is 43.1 Å². The molecule has 0 spiro atoms. The normalized spacial score (nSPS) is 11.7. The van der Waals surface area contributed by atoms with E-state index in [1.807, 2.05) is 36.4 Å². The Labute approximate surface area is 247 Å². The van der Waals surface area contributed by atoms with Crippen molar-refractivity contribution in [2.75, 3.05) is 0 Å². The first-order chi connectivity index (χ1) is 21.3. The first kappa shape index (κ1) is 23.8. The molecule has 0 N–H and O–H groups in total. The predicted octanol–water partition coefficient (Wildman–Crippen LogP) is 9.76. The van der Waals surface area contributed by atoms with Crippen LogP contribution in [0.25, 0.3) is 82.8 Å². The van der Waals surface area contributed by atoms with Gasteiger partial charge in [-0.15, -0.1) is 0 Å². The van der Waals surface area contributed by atoms with E-state index < -0.39 is 0 Å². The van der Waals surface area contributed by atoms with Crippen LogP contribution in [0.5, 0.6) is 0 Å². The van der Waals surface area contributed by atoms with Gasteiger partial charge in [0.25, 0.3) is 0 Å². The Morgan fingerprint density at radius 2 is 0.884 bits per heavy atom. The van der Waals surface area contributed by atoms with Crippen molar-refractivity contribution in [1.82, 2.24) is 19.5 Å². The summed E-state index contributed by atoms with van der Waals surface area (Å²) >= 11 is 0. The lowest BCUT2D eigenvalue weighted by Gasteiger charge is -2.13. The summed E-state index contributed by atoms with van der Waals surface area (Å²) in [6.45, 7) is 0. The summed E-state index contributed by atoms with van der Waals surface area (Å²) in [5.74, 6) is 1.89. The van der Waals surface area contributed by atoms with Crippen molar-refractivity contribution < 1.29 is 0 Å². The van der Waals surface area contributed by atoms with Crippen LogP contribution < -0.4 is 0 Å². The zero-order valence-corrected chi connectivity index (χ0v) is 23.1. The minimum absolute atomic E-state index is 0.600. The van der Waals surface area contributed by atoms with E-state index in [4.69, 9.17) is 15.0 Å². The topological polar surface area (TPSA) is 43.6 Å². The molecule has 43 heavy (non-hydrogen) atoms. The Bertz CT molecular complexity index is 2440. The lowest BCUT2D eigenvalue weighted by molar-refractivity contribution is 0.955. The van der Waals surface area contributed by atoms with Crippen LogP contribution in [-0.4, -0.2) is 19.5 Å². The van der Waals surface area contributed by atoms with Crippen LogP contribution in [0.3, 0.4) is 0 Å². The third kappa shape index (κ3) is 3.67. The first-order valence-electron chi connectivity index (χ1n) is 14.5. The second-order valence-corrected chi connectivity index (χ2v) is 10.9. The molecule has 200 valence electrons. The molecule has 0 aliphatic heterocycles. The number of benzene rings is 7. The van der Waals surface area contributed by atoms with Gasteiger partial charge in [-0.1, -0.05) is 133 Å². The van der Waals surface area contributed by atoms with E-state index >= 15 is 0 Å². The van der Waals surface area contributed by atoms with Gasteiger partial charge >= 0.3 is 0 Å². The molecule has 4 nitrogen and oxygen atoms in total. The summed E-state index contributed by atoms with van der Waals surface area (Å²) in [7, 11) is 0. The highest BCUT2D eigenvalue weighted by Gasteiger charge is 2.22. The van der Waals surface area contributed by atoms with E-state index in [9.17, 15) is 0 Å². The number of rotatable bonds is 3. The Kier molecular flexibility index (Phi) is 5.16. The van der Waals surface area contributed by atoms with E-state index in [0.29, 0.717) is 17.6 Å². The van der Waals surface area contributed by atoms with Crippen molar-refractivity contribution in [1.29, 1.82) is 0 Å². The maximum absolute atomic E-state index is 5.18. The summed E-state index contributed by atoms with van der Waals surface area (Å²) in [6, 6.07) is 50.9. The third-order valence-corrected chi connectivity index (χ3v) is 8.39. The van der Waals surface area contributed by atoms with Crippen molar-refractivity contribution in [3.05, 3.63) is 146 Å². The Morgan fingerprint density at radius 1 is 0.395 bits per heavy atom. The van der Waals surface area contributed by atoms with Crippen LogP contribution in [0.1, 0.15) is 0 Å². The predicted molar refractivity (Wildman–Crippen MR) is 178 cm³/mol. The standard InChI is InChI=1S/C39H24N4/c1-3-13-25(14-4-1)37-40-38(26-15-5-2-6-16-26)42-39(41-37)43-34-24-28-18-8-7-17-27(28)23-33(34)35-31-21-11-9-19-29(31)30-20-10-12-22-32(30)36(35)43/h1-24H. The van der Waals surface area contributed by atoms with Gasteiger partial charge in [-0.05, 0) is 39.1 Å². The SMILES string of the molecule is c1ccc(-c2nc(-c3ccccc3)nc(-n3c4cc5ccccc5cc4c4c5ccccc5c5ccccc5c43)n2)cc1. The number of aromatic nitrogens is 4. The average Bonchev–Trinajstić information content (AvgIpc) is 3.42. The van der Waals surface area contributed by atoms with Gasteiger partial charge in [0.1, 0.15) is 0 Å². The molecule has 0 aliphatic carbocycles. The van der Waals surface area contributed by atoms with E-state index in [1.54, 1.807) is 0 Å². The van der Waals surface area contributed by atoms with Crippen LogP contribution in [0.15, 0.2) is 146 Å². The van der Waals surface area contributed by atoms with Gasteiger partial charge < -0.3 is 0 Å². The average molecular weight is 549 g/mol. The summed E-state index contributed by atoms with van der Waals surface area (Å²) < 4.78 is 2.26. The lowest BCUT2D eigenvalue weighted by Crippen LogP contribution is -2.06. The first-order valence-corrected chi connectivity index (χ1v) is 14.5. The third-order valence-electron chi connectivity index (χ3n) is 8.39. The minimum atomic E-state index is 0.600. The fraction of sp³-hybridized carbons (Fsp3) is 0. The molecule has 9 rings (SSSR count). The van der Waals surface area contributed by atoms with Crippen molar-refractivity contribution in [3.63, 3.8) is 0 Å². The second-order valence-electron chi connectivity index (χ2n) is 10.9. The molecule has 9 aromatic rings. The number of hydrogen-bond donors (Lipinski definition) is 0. The summed E-state index contributed by atoms with van der Waals surface area (Å²) in [5, 5.41) is 9.60. The molecule has 0 bridgehead atoms. The van der Waals surface area contributed by atoms with Crippen LogP contribution in [0.4, 0.5) is 0 Å². The molecular weight excluding hydrogens is 524 g/mol. The highest BCUT2D eigenvalue weighted by molar-refractivity contribution is 6.32. The number of fused-ring (bicyclic) bond motifs is 9. The van der Waals surface area contributed by atoms with Crippen LogP contribution in [-0.2, 0) is 0 Å². The fourth-order valence-corrected chi connectivity index (χ4v) is 6.47. The summed E-state index contributed by atoms with van der Waals surface area (Å²) in [5.41, 5.74) is 4.07. The van der Waals surface area contributed by atoms with Gasteiger partial charge in [-0.2, -0.15) is 9.97 Å². The van der Waals surface area contributed by atoms with E-state index in [-0.39, 0.29) is 0 Å². The minimum Gasteiger partial charge on any atom is -0.277 e. The molecule has 0 atom stereocenters. The Morgan fingerprint density at radius 3 is 1.51 bits per heavy atom. The molecule has 0 fully saturated rings. The van der Waals surface area contributed by atoms with E-state index in [2.05, 4.69) is 114 Å². The highest BCUT2D eigenvalue weighted by Crippen LogP contribution is 2.43. The molecule has 0 amide bonds. The number of nitrogens with zero attached hydrogens (tertiary/aromatic N) is 4. The smallest absolute Gasteiger partial charge is 0.238 e. The van der Waals surface area contributed by atoms with Gasteiger partial charge in [0.2, 0.25) is 5.95 Å². The van der Waals surface area contributed by atoms with Crippen molar-refractivity contribution >= 4 is 54.1 Å². The van der Waals surface area contributed by atoms with Gasteiger partial charge in [-0.3, -0.25) is 4.57 Å². The zero-order chi connectivity index (χ0) is 28.3. The largest absolute Gasteiger partial charge is 0.277 e. The molecular formula is C39H24N4. The zero-order valence-electron chi connectivity index (χ0n) is 23.1. The molecule has 0 saturated heterocycles. The van der Waals surface area contributed by atoms with Crippen molar-refractivity contribution in [2.45, 2.75) is 0 Å². The maximum atomic E-state index is 5.18. The molecule has 0 aliphatic rings.